The van der Waals surface area contributed by atoms with E-state index in [1.165, 1.54) is 0 Å². The van der Waals surface area contributed by atoms with E-state index in [4.69, 9.17) is 14.2 Å². The van der Waals surface area contributed by atoms with E-state index in [1.54, 1.807) is 22.8 Å². The Morgan fingerprint density at radius 1 is 1.34 bits per heavy atom. The number of likely N-dealkylation sites (tertiary alicyclic amines) is 1. The van der Waals surface area contributed by atoms with Gasteiger partial charge in [-0.05, 0) is 31.5 Å². The molecule has 2 aliphatic heterocycles. The van der Waals surface area contributed by atoms with Crippen molar-refractivity contribution >= 4 is 5.91 Å². The Labute approximate surface area is 170 Å². The highest BCUT2D eigenvalue weighted by Crippen LogP contribution is 2.36. The first-order valence-corrected chi connectivity index (χ1v) is 10.1. The van der Waals surface area contributed by atoms with Crippen molar-refractivity contribution < 1.29 is 19.0 Å². The average Bonchev–Trinajstić information content (AvgIpc) is 3.17. The number of carbonyl (C=O) groups excluding carboxylic acids is 1. The van der Waals surface area contributed by atoms with Crippen molar-refractivity contribution in [3.05, 3.63) is 47.5 Å². The number of aromatic nitrogens is 3. The van der Waals surface area contributed by atoms with Gasteiger partial charge in [0.25, 0.3) is 5.91 Å². The molecule has 156 valence electrons. The molecule has 8 nitrogen and oxygen atoms in total. The van der Waals surface area contributed by atoms with Crippen molar-refractivity contribution in [2.45, 2.75) is 44.6 Å². The zero-order valence-electron chi connectivity index (χ0n) is 17.0. The van der Waals surface area contributed by atoms with Crippen LogP contribution in [-0.4, -0.2) is 70.7 Å². The van der Waals surface area contributed by atoms with E-state index in [0.717, 1.165) is 24.2 Å². The number of hydrogen-bond acceptors (Lipinski definition) is 6. The summed E-state index contributed by atoms with van der Waals surface area (Å²) in [6.07, 6.45) is 3.59. The van der Waals surface area contributed by atoms with E-state index in [9.17, 15) is 4.79 Å². The van der Waals surface area contributed by atoms with E-state index < -0.39 is 0 Å². The smallest absolute Gasteiger partial charge is 0.274 e. The van der Waals surface area contributed by atoms with Gasteiger partial charge in [-0.15, -0.1) is 0 Å². The van der Waals surface area contributed by atoms with E-state index in [0.29, 0.717) is 45.1 Å². The number of methoxy groups -OCH3 is 1. The number of pyridine rings is 1. The topological polar surface area (TPSA) is 78.7 Å². The van der Waals surface area contributed by atoms with Crippen molar-refractivity contribution in [2.75, 3.05) is 33.4 Å². The van der Waals surface area contributed by atoms with Gasteiger partial charge < -0.3 is 19.1 Å². The maximum absolute atomic E-state index is 12.7. The molecule has 2 aliphatic rings. The molecule has 0 radical (unpaired) electrons. The highest BCUT2D eigenvalue weighted by atomic mass is 16.5. The number of rotatable bonds is 7. The van der Waals surface area contributed by atoms with Crippen molar-refractivity contribution in [3.8, 4) is 0 Å². The quantitative estimate of drug-likeness (QED) is 0.706. The van der Waals surface area contributed by atoms with Crippen LogP contribution in [0.2, 0.25) is 0 Å². The van der Waals surface area contributed by atoms with Crippen LogP contribution < -0.4 is 0 Å². The largest absolute Gasteiger partial charge is 0.383 e. The van der Waals surface area contributed by atoms with Crippen molar-refractivity contribution in [1.82, 2.24) is 19.7 Å². The van der Waals surface area contributed by atoms with Crippen LogP contribution in [-0.2, 0) is 27.4 Å². The van der Waals surface area contributed by atoms with Gasteiger partial charge >= 0.3 is 0 Å². The van der Waals surface area contributed by atoms with E-state index >= 15 is 0 Å². The van der Waals surface area contributed by atoms with Crippen LogP contribution in [0.25, 0.3) is 0 Å². The first-order chi connectivity index (χ1) is 14.1. The summed E-state index contributed by atoms with van der Waals surface area (Å²) in [6, 6.07) is 7.72. The Hall–Kier alpha value is -2.29. The predicted octanol–water partition coefficient (Wildman–Crippen LogP) is 1.82. The second kappa shape index (κ2) is 8.61. The maximum atomic E-state index is 12.7. The van der Waals surface area contributed by atoms with Gasteiger partial charge in [0.15, 0.2) is 0 Å². The molecule has 0 saturated carbocycles. The fraction of sp³-hybridized carbons (Fsp3) is 0.571. The lowest BCUT2D eigenvalue weighted by atomic mass is 9.84. The molecule has 0 unspecified atom stereocenters. The van der Waals surface area contributed by atoms with Gasteiger partial charge in [0.2, 0.25) is 0 Å². The third-order valence-electron chi connectivity index (χ3n) is 5.49. The molecule has 0 aromatic carbocycles. The van der Waals surface area contributed by atoms with Gasteiger partial charge in [0.05, 0.1) is 44.6 Å². The minimum absolute atomic E-state index is 0.0533. The number of ether oxygens (including phenoxy) is 3. The molecular weight excluding hydrogens is 372 g/mol. The zero-order valence-corrected chi connectivity index (χ0v) is 17.0. The lowest BCUT2D eigenvalue weighted by Crippen LogP contribution is -2.67. The first-order valence-electron chi connectivity index (χ1n) is 10.1. The molecule has 0 aliphatic carbocycles. The molecule has 2 aromatic heterocycles. The summed E-state index contributed by atoms with van der Waals surface area (Å²) in [6.45, 7) is 5.50. The molecule has 8 heteroatoms. The number of hydrogen-bond donors (Lipinski definition) is 0. The average molecular weight is 400 g/mol. The number of carbonyl (C=O) groups is 1. The minimum Gasteiger partial charge on any atom is -0.383 e. The number of nitrogens with zero attached hydrogens (tertiary/aromatic N) is 4. The van der Waals surface area contributed by atoms with Gasteiger partial charge in [-0.1, -0.05) is 6.07 Å². The molecule has 2 fully saturated rings. The Morgan fingerprint density at radius 3 is 3.00 bits per heavy atom. The Bertz CT molecular complexity index is 847. The molecule has 1 spiro atoms. The molecule has 2 saturated heterocycles. The molecule has 0 N–H and O–H groups in total. The van der Waals surface area contributed by atoms with Gasteiger partial charge in [0.1, 0.15) is 11.3 Å². The molecule has 2 aromatic rings. The summed E-state index contributed by atoms with van der Waals surface area (Å²) >= 11 is 0. The molecule has 4 rings (SSSR count). The lowest BCUT2D eigenvalue weighted by Gasteiger charge is -2.52. The fourth-order valence-electron chi connectivity index (χ4n) is 3.97. The summed E-state index contributed by atoms with van der Waals surface area (Å²) in [5, 5.41) is 4.34. The van der Waals surface area contributed by atoms with Crippen molar-refractivity contribution in [1.29, 1.82) is 0 Å². The number of aryl methyl sites for hydroxylation is 1. The standard InChI is InChI=1S/C21H28N4O4/c1-16-4-3-5-17(22-16)13-28-18-7-10-29-21(12-18)14-24(15-21)20(26)19-6-8-25(23-19)9-11-27-2/h3-6,8,18H,7,9-15H2,1-2H3/t18-/m0/s1. The summed E-state index contributed by atoms with van der Waals surface area (Å²) in [4.78, 5) is 19.0. The second-order valence-electron chi connectivity index (χ2n) is 7.85. The van der Waals surface area contributed by atoms with Crippen LogP contribution in [0, 0.1) is 6.92 Å². The molecule has 1 atom stereocenters. The molecule has 29 heavy (non-hydrogen) atoms. The van der Waals surface area contributed by atoms with Crippen LogP contribution in [0.3, 0.4) is 0 Å². The number of amides is 1. The zero-order chi connectivity index (χ0) is 20.3. The van der Waals surface area contributed by atoms with Crippen LogP contribution in [0.5, 0.6) is 0 Å². The van der Waals surface area contributed by atoms with Gasteiger partial charge in [0, 0.05) is 32.0 Å². The van der Waals surface area contributed by atoms with Crippen LogP contribution in [0.15, 0.2) is 30.5 Å². The van der Waals surface area contributed by atoms with E-state index in [-0.39, 0.29) is 17.6 Å². The highest BCUT2D eigenvalue weighted by molar-refractivity contribution is 5.93. The predicted molar refractivity (Wildman–Crippen MR) is 105 cm³/mol. The summed E-state index contributed by atoms with van der Waals surface area (Å²) in [7, 11) is 1.65. The monoisotopic (exact) mass is 400 g/mol. The van der Waals surface area contributed by atoms with Gasteiger partial charge in [-0.3, -0.25) is 14.5 Å². The fourth-order valence-corrected chi connectivity index (χ4v) is 3.97. The van der Waals surface area contributed by atoms with E-state index in [2.05, 4.69) is 10.1 Å². The molecule has 1 amide bonds. The highest BCUT2D eigenvalue weighted by Gasteiger charge is 2.50. The summed E-state index contributed by atoms with van der Waals surface area (Å²) < 4.78 is 18.9. The van der Waals surface area contributed by atoms with Crippen LogP contribution >= 0.6 is 0 Å². The maximum Gasteiger partial charge on any atom is 0.274 e. The van der Waals surface area contributed by atoms with Crippen molar-refractivity contribution in [3.63, 3.8) is 0 Å². The third-order valence-corrected chi connectivity index (χ3v) is 5.49. The SMILES string of the molecule is COCCn1ccc(C(=O)N2CC3(C[C@@H](OCc4cccc(C)n4)CCO3)C2)n1. The minimum atomic E-state index is -0.294. The molecule has 0 bridgehead atoms. The second-order valence-corrected chi connectivity index (χ2v) is 7.85. The molecular formula is C21H28N4O4. The van der Waals surface area contributed by atoms with E-state index in [1.807, 2.05) is 31.3 Å². The normalized spacial score (nSPS) is 20.6. The van der Waals surface area contributed by atoms with Crippen LogP contribution in [0.1, 0.15) is 34.7 Å². The first kappa shape index (κ1) is 20.0. The Morgan fingerprint density at radius 2 is 2.21 bits per heavy atom. The summed E-state index contributed by atoms with van der Waals surface area (Å²) in [5.74, 6) is -0.0533. The lowest BCUT2D eigenvalue weighted by molar-refractivity contribution is -0.188. The summed E-state index contributed by atoms with van der Waals surface area (Å²) in [5.41, 5.74) is 2.11. The Kier molecular flexibility index (Phi) is 5.94. The van der Waals surface area contributed by atoms with Gasteiger partial charge in [-0.2, -0.15) is 5.10 Å². The van der Waals surface area contributed by atoms with Crippen molar-refractivity contribution in [2.24, 2.45) is 0 Å². The van der Waals surface area contributed by atoms with Crippen LogP contribution in [0.4, 0.5) is 0 Å². The van der Waals surface area contributed by atoms with Gasteiger partial charge in [-0.25, -0.2) is 0 Å². The third kappa shape index (κ3) is 4.66. The Balaban J connectivity index is 1.28. The molecule has 4 heterocycles.